The average Bonchev–Trinajstić information content (AvgIpc) is 2.83. The highest BCUT2D eigenvalue weighted by Crippen LogP contribution is 2.21. The molecule has 2 heterocycles. The molecule has 0 aliphatic carbocycles. The van der Waals surface area contributed by atoms with Crippen LogP contribution in [0.4, 0.5) is 0 Å². The Morgan fingerprint density at radius 3 is 2.75 bits per heavy atom. The van der Waals surface area contributed by atoms with Gasteiger partial charge >= 0.3 is 0 Å². The zero-order valence-electron chi connectivity index (χ0n) is 12.4. The summed E-state index contributed by atoms with van der Waals surface area (Å²) < 4.78 is 1.82. The second-order valence-electron chi connectivity index (χ2n) is 5.30. The van der Waals surface area contributed by atoms with Crippen molar-refractivity contribution in [1.82, 2.24) is 19.7 Å². The van der Waals surface area contributed by atoms with Crippen molar-refractivity contribution in [2.75, 3.05) is 13.6 Å². The summed E-state index contributed by atoms with van der Waals surface area (Å²) in [6, 6.07) is 6.24. The first kappa shape index (κ1) is 14.7. The molecule has 2 unspecified atom stereocenters. The van der Waals surface area contributed by atoms with Gasteiger partial charge in [0, 0.05) is 49.7 Å². The van der Waals surface area contributed by atoms with E-state index in [1.807, 2.05) is 49.4 Å². The topological polar surface area (TPSA) is 60.0 Å². The van der Waals surface area contributed by atoms with Crippen LogP contribution in [-0.4, -0.2) is 39.3 Å². The van der Waals surface area contributed by atoms with Gasteiger partial charge in [0.2, 0.25) is 0 Å². The molecule has 2 aromatic heterocycles. The minimum absolute atomic E-state index is 0.0490. The molecule has 0 aliphatic rings. The number of aryl methyl sites for hydroxylation is 1. The molecule has 5 nitrogen and oxygen atoms in total. The number of hydrogen-bond donors (Lipinski definition) is 1. The number of aromatic nitrogens is 3. The fraction of sp³-hybridized carbons (Fsp3) is 0.467. The summed E-state index contributed by atoms with van der Waals surface area (Å²) in [6.45, 7) is 2.95. The van der Waals surface area contributed by atoms with Crippen molar-refractivity contribution in [2.45, 2.75) is 25.4 Å². The molecule has 2 aromatic rings. The van der Waals surface area contributed by atoms with Gasteiger partial charge in [0.25, 0.3) is 0 Å². The fourth-order valence-electron chi connectivity index (χ4n) is 2.53. The van der Waals surface area contributed by atoms with E-state index in [1.165, 1.54) is 0 Å². The Morgan fingerprint density at radius 1 is 1.40 bits per heavy atom. The van der Waals surface area contributed by atoms with Gasteiger partial charge in [0.15, 0.2) is 0 Å². The van der Waals surface area contributed by atoms with Gasteiger partial charge in [-0.05, 0) is 26.1 Å². The average molecular weight is 273 g/mol. The monoisotopic (exact) mass is 273 g/mol. The highest BCUT2D eigenvalue weighted by Gasteiger charge is 2.22. The summed E-state index contributed by atoms with van der Waals surface area (Å²) in [5, 5.41) is 4.24. The Labute approximate surface area is 120 Å². The molecule has 5 heteroatoms. The molecule has 0 spiro atoms. The first-order valence-electron chi connectivity index (χ1n) is 6.92. The van der Waals surface area contributed by atoms with E-state index in [9.17, 15) is 0 Å². The minimum Gasteiger partial charge on any atom is -0.326 e. The third kappa shape index (κ3) is 3.65. The largest absolute Gasteiger partial charge is 0.326 e. The van der Waals surface area contributed by atoms with Crippen LogP contribution in [0.5, 0.6) is 0 Å². The lowest BCUT2D eigenvalue weighted by atomic mass is 10.0. The van der Waals surface area contributed by atoms with Crippen molar-refractivity contribution in [1.29, 1.82) is 0 Å². The number of nitrogens with zero attached hydrogens (tertiary/aromatic N) is 4. The fourth-order valence-corrected chi connectivity index (χ4v) is 2.53. The number of nitrogens with two attached hydrogens (primary N) is 1. The standard InChI is InChI=1S/C15H23N5/c1-12(16)15(13-10-18-20(3)11-13)19(2)9-7-14-6-4-5-8-17-14/h4-6,8,10-12,15H,7,9,16H2,1-3H3. The van der Waals surface area contributed by atoms with Crippen molar-refractivity contribution in [3.63, 3.8) is 0 Å². The predicted molar refractivity (Wildman–Crippen MR) is 80.2 cm³/mol. The van der Waals surface area contributed by atoms with Crippen LogP contribution in [0.3, 0.4) is 0 Å². The molecule has 0 bridgehead atoms. The van der Waals surface area contributed by atoms with E-state index in [2.05, 4.69) is 28.1 Å². The highest BCUT2D eigenvalue weighted by atomic mass is 15.2. The smallest absolute Gasteiger partial charge is 0.0538 e. The van der Waals surface area contributed by atoms with Gasteiger partial charge in [0.05, 0.1) is 12.2 Å². The third-order valence-electron chi connectivity index (χ3n) is 3.49. The SMILES string of the molecule is CC(N)C(c1cnn(C)c1)N(C)CCc1ccccn1. The zero-order valence-corrected chi connectivity index (χ0v) is 12.4. The maximum absolute atomic E-state index is 6.15. The molecule has 108 valence electrons. The van der Waals surface area contributed by atoms with Gasteiger partial charge in [-0.2, -0.15) is 5.10 Å². The van der Waals surface area contributed by atoms with Crippen LogP contribution < -0.4 is 5.73 Å². The molecule has 0 aromatic carbocycles. The van der Waals surface area contributed by atoms with Crippen LogP contribution in [0.1, 0.15) is 24.2 Å². The second-order valence-corrected chi connectivity index (χ2v) is 5.30. The molecule has 2 N–H and O–H groups in total. The van der Waals surface area contributed by atoms with E-state index in [0.717, 1.165) is 24.2 Å². The van der Waals surface area contributed by atoms with Crippen molar-refractivity contribution in [3.8, 4) is 0 Å². The molecular formula is C15H23N5. The Balaban J connectivity index is 2.02. The first-order valence-corrected chi connectivity index (χ1v) is 6.92. The molecule has 0 saturated carbocycles. The van der Waals surface area contributed by atoms with Crippen LogP contribution in [0.15, 0.2) is 36.8 Å². The molecule has 0 fully saturated rings. The highest BCUT2D eigenvalue weighted by molar-refractivity contribution is 5.13. The summed E-state index contributed by atoms with van der Waals surface area (Å²) in [7, 11) is 4.03. The van der Waals surface area contributed by atoms with E-state index in [4.69, 9.17) is 5.73 Å². The lowest BCUT2D eigenvalue weighted by molar-refractivity contribution is 0.221. The van der Waals surface area contributed by atoms with Crippen molar-refractivity contribution >= 4 is 0 Å². The number of hydrogen-bond acceptors (Lipinski definition) is 4. The van der Waals surface area contributed by atoms with Gasteiger partial charge < -0.3 is 5.73 Å². The normalized spacial score (nSPS) is 14.4. The van der Waals surface area contributed by atoms with Crippen LogP contribution in [-0.2, 0) is 13.5 Å². The molecule has 20 heavy (non-hydrogen) atoms. The summed E-state index contributed by atoms with van der Waals surface area (Å²) in [5.74, 6) is 0. The van der Waals surface area contributed by atoms with Crippen LogP contribution in [0, 0.1) is 0 Å². The summed E-state index contributed by atoms with van der Waals surface area (Å²) >= 11 is 0. The maximum Gasteiger partial charge on any atom is 0.0538 e. The Kier molecular flexibility index (Phi) is 4.87. The molecule has 0 saturated heterocycles. The van der Waals surface area contributed by atoms with E-state index < -0.39 is 0 Å². The third-order valence-corrected chi connectivity index (χ3v) is 3.49. The molecule has 2 rings (SSSR count). The first-order chi connectivity index (χ1) is 9.58. The number of likely N-dealkylation sites (N-methyl/N-ethyl adjacent to an activating group) is 1. The molecule has 0 aliphatic heterocycles. The van der Waals surface area contributed by atoms with E-state index >= 15 is 0 Å². The van der Waals surface area contributed by atoms with Gasteiger partial charge in [-0.25, -0.2) is 0 Å². The number of pyridine rings is 1. The second kappa shape index (κ2) is 6.63. The lowest BCUT2D eigenvalue weighted by Gasteiger charge is -2.30. The Bertz CT molecular complexity index is 520. The maximum atomic E-state index is 6.15. The van der Waals surface area contributed by atoms with Gasteiger partial charge in [0.1, 0.15) is 0 Å². The summed E-state index contributed by atoms with van der Waals surface area (Å²) in [4.78, 5) is 6.63. The van der Waals surface area contributed by atoms with Gasteiger partial charge in [-0.15, -0.1) is 0 Å². The van der Waals surface area contributed by atoms with Gasteiger partial charge in [-0.3, -0.25) is 14.6 Å². The Hall–Kier alpha value is -1.72. The minimum atomic E-state index is 0.0490. The predicted octanol–water partition coefficient (Wildman–Crippen LogP) is 1.38. The van der Waals surface area contributed by atoms with Crippen molar-refractivity contribution < 1.29 is 0 Å². The number of rotatable bonds is 6. The zero-order chi connectivity index (χ0) is 14.5. The van der Waals surface area contributed by atoms with E-state index in [0.29, 0.717) is 0 Å². The summed E-state index contributed by atoms with van der Waals surface area (Å²) in [6.07, 6.45) is 6.68. The summed E-state index contributed by atoms with van der Waals surface area (Å²) in [5.41, 5.74) is 8.42. The van der Waals surface area contributed by atoms with Crippen LogP contribution >= 0.6 is 0 Å². The van der Waals surface area contributed by atoms with Crippen LogP contribution in [0.2, 0.25) is 0 Å². The quantitative estimate of drug-likeness (QED) is 0.864. The van der Waals surface area contributed by atoms with Gasteiger partial charge in [-0.1, -0.05) is 6.07 Å². The lowest BCUT2D eigenvalue weighted by Crippen LogP contribution is -2.38. The molecule has 2 atom stereocenters. The Morgan fingerprint density at radius 2 is 2.20 bits per heavy atom. The molecule has 0 radical (unpaired) electrons. The van der Waals surface area contributed by atoms with E-state index in [1.54, 1.807) is 0 Å². The molecular weight excluding hydrogens is 250 g/mol. The van der Waals surface area contributed by atoms with E-state index in [-0.39, 0.29) is 12.1 Å². The van der Waals surface area contributed by atoms with Crippen LogP contribution in [0.25, 0.3) is 0 Å². The van der Waals surface area contributed by atoms with Crippen molar-refractivity contribution in [2.24, 2.45) is 12.8 Å². The molecule has 0 amide bonds. The van der Waals surface area contributed by atoms with Crippen molar-refractivity contribution in [3.05, 3.63) is 48.0 Å².